The summed E-state index contributed by atoms with van der Waals surface area (Å²) in [6.07, 6.45) is 0.467. The number of imidazole rings is 1. The van der Waals surface area contributed by atoms with Crippen molar-refractivity contribution >= 4 is 22.6 Å². The van der Waals surface area contributed by atoms with Gasteiger partial charge in [-0.25, -0.2) is 4.98 Å². The summed E-state index contributed by atoms with van der Waals surface area (Å²) in [6.45, 7) is 10.2. The molecule has 1 aliphatic heterocycles. The SMILES string of the molecule is Cc1ccc(N2CC(c3nc4ccccc4n3CCOc3cccc(C)c3C)CC2=O)c(C)c1. The lowest BCUT2D eigenvalue weighted by atomic mass is 10.1. The van der Waals surface area contributed by atoms with Crippen molar-refractivity contribution in [1.82, 2.24) is 9.55 Å². The minimum absolute atomic E-state index is 0.0429. The number of hydrogen-bond acceptors (Lipinski definition) is 3. The van der Waals surface area contributed by atoms with Gasteiger partial charge >= 0.3 is 0 Å². The normalized spacial score (nSPS) is 15.9. The van der Waals surface area contributed by atoms with E-state index in [1.807, 2.05) is 35.2 Å². The van der Waals surface area contributed by atoms with Gasteiger partial charge in [-0.15, -0.1) is 0 Å². The third-order valence-electron chi connectivity index (χ3n) is 6.94. The van der Waals surface area contributed by atoms with Gasteiger partial charge in [-0.1, -0.05) is 42.0 Å². The Balaban J connectivity index is 1.42. The first-order chi connectivity index (χ1) is 16.4. The summed E-state index contributed by atoms with van der Waals surface area (Å²) in [4.78, 5) is 20.0. The van der Waals surface area contributed by atoms with E-state index in [9.17, 15) is 4.79 Å². The Morgan fingerprint density at radius 3 is 2.62 bits per heavy atom. The number of hydrogen-bond donors (Lipinski definition) is 0. The van der Waals surface area contributed by atoms with Crippen LogP contribution in [0.2, 0.25) is 0 Å². The zero-order valence-corrected chi connectivity index (χ0v) is 20.3. The molecule has 0 saturated carbocycles. The van der Waals surface area contributed by atoms with Gasteiger partial charge in [0, 0.05) is 24.6 Å². The average molecular weight is 454 g/mol. The standard InChI is InChI=1S/C29H31N3O2/c1-19-12-13-25(21(3)16-19)32-18-23(17-28(32)33)29-30-24-9-5-6-10-26(24)31(29)14-15-34-27-11-7-8-20(2)22(27)4/h5-13,16,23H,14-15,17-18H2,1-4H3. The number of nitrogens with zero attached hydrogens (tertiary/aromatic N) is 3. The van der Waals surface area contributed by atoms with E-state index in [-0.39, 0.29) is 11.8 Å². The van der Waals surface area contributed by atoms with E-state index < -0.39 is 0 Å². The molecule has 0 N–H and O–H groups in total. The summed E-state index contributed by atoms with van der Waals surface area (Å²) < 4.78 is 8.41. The van der Waals surface area contributed by atoms with Crippen molar-refractivity contribution in [2.75, 3.05) is 18.1 Å². The molecule has 0 aliphatic carbocycles. The fraction of sp³-hybridized carbons (Fsp3) is 0.310. The smallest absolute Gasteiger partial charge is 0.227 e. The number of para-hydroxylation sites is 2. The topological polar surface area (TPSA) is 47.4 Å². The Morgan fingerprint density at radius 1 is 0.971 bits per heavy atom. The number of benzene rings is 3. The largest absolute Gasteiger partial charge is 0.491 e. The minimum Gasteiger partial charge on any atom is -0.491 e. The summed E-state index contributed by atoms with van der Waals surface area (Å²) in [5.41, 5.74) is 7.77. The van der Waals surface area contributed by atoms with Gasteiger partial charge in [-0.2, -0.15) is 0 Å². The van der Waals surface area contributed by atoms with Crippen LogP contribution in [0, 0.1) is 27.7 Å². The lowest BCUT2D eigenvalue weighted by Gasteiger charge is -2.20. The molecule has 0 spiro atoms. The van der Waals surface area contributed by atoms with E-state index in [0.717, 1.165) is 33.9 Å². The van der Waals surface area contributed by atoms with Gasteiger partial charge < -0.3 is 14.2 Å². The van der Waals surface area contributed by atoms with Crippen LogP contribution in [0.1, 0.15) is 40.4 Å². The number of fused-ring (bicyclic) bond motifs is 1. The van der Waals surface area contributed by atoms with Gasteiger partial charge in [-0.05, 0) is 68.7 Å². The molecule has 1 unspecified atom stereocenters. The van der Waals surface area contributed by atoms with E-state index >= 15 is 0 Å². The molecule has 1 fully saturated rings. The van der Waals surface area contributed by atoms with Crippen LogP contribution >= 0.6 is 0 Å². The molecular formula is C29H31N3O2. The molecule has 5 heteroatoms. The van der Waals surface area contributed by atoms with E-state index in [2.05, 4.69) is 62.6 Å². The zero-order chi connectivity index (χ0) is 23.8. The molecule has 0 bridgehead atoms. The molecule has 5 nitrogen and oxygen atoms in total. The van der Waals surface area contributed by atoms with Crippen LogP contribution in [0.5, 0.6) is 5.75 Å². The van der Waals surface area contributed by atoms with Crippen LogP contribution < -0.4 is 9.64 Å². The van der Waals surface area contributed by atoms with Crippen LogP contribution in [-0.2, 0) is 11.3 Å². The third-order valence-corrected chi connectivity index (χ3v) is 6.94. The molecule has 1 aromatic heterocycles. The molecule has 5 rings (SSSR count). The number of aromatic nitrogens is 2. The molecular weight excluding hydrogens is 422 g/mol. The molecule has 1 atom stereocenters. The van der Waals surface area contributed by atoms with Gasteiger partial charge in [0.15, 0.2) is 0 Å². The molecule has 1 amide bonds. The average Bonchev–Trinajstić information content (AvgIpc) is 3.37. The highest BCUT2D eigenvalue weighted by Crippen LogP contribution is 2.34. The quantitative estimate of drug-likeness (QED) is 0.367. The van der Waals surface area contributed by atoms with Crippen LogP contribution in [0.25, 0.3) is 11.0 Å². The van der Waals surface area contributed by atoms with Crippen LogP contribution in [0.15, 0.2) is 60.7 Å². The Bertz CT molecular complexity index is 1370. The predicted molar refractivity (Wildman–Crippen MR) is 137 cm³/mol. The predicted octanol–water partition coefficient (Wildman–Crippen LogP) is 5.87. The zero-order valence-electron chi connectivity index (χ0n) is 20.3. The Hall–Kier alpha value is -3.60. The van der Waals surface area contributed by atoms with Crippen molar-refractivity contribution in [1.29, 1.82) is 0 Å². The maximum Gasteiger partial charge on any atom is 0.227 e. The molecule has 4 aromatic rings. The number of ether oxygens (including phenoxy) is 1. The van der Waals surface area contributed by atoms with Gasteiger partial charge in [0.05, 0.1) is 17.6 Å². The summed E-state index contributed by atoms with van der Waals surface area (Å²) in [5, 5.41) is 0. The molecule has 174 valence electrons. The minimum atomic E-state index is 0.0429. The van der Waals surface area contributed by atoms with Gasteiger partial charge in [0.2, 0.25) is 5.91 Å². The summed E-state index contributed by atoms with van der Waals surface area (Å²) in [7, 11) is 0. The van der Waals surface area contributed by atoms with Crippen LogP contribution in [0.3, 0.4) is 0 Å². The highest BCUT2D eigenvalue weighted by Gasteiger charge is 2.35. The molecule has 1 aliphatic rings. The van der Waals surface area contributed by atoms with E-state index in [4.69, 9.17) is 9.72 Å². The lowest BCUT2D eigenvalue weighted by Crippen LogP contribution is -2.25. The molecule has 0 radical (unpaired) electrons. The van der Waals surface area contributed by atoms with E-state index in [1.165, 1.54) is 16.7 Å². The van der Waals surface area contributed by atoms with Gasteiger partial charge in [0.1, 0.15) is 18.2 Å². The highest BCUT2D eigenvalue weighted by molar-refractivity contribution is 5.97. The Kier molecular flexibility index (Phi) is 5.86. The van der Waals surface area contributed by atoms with Crippen molar-refractivity contribution in [3.05, 3.63) is 88.7 Å². The van der Waals surface area contributed by atoms with Crippen molar-refractivity contribution in [2.24, 2.45) is 0 Å². The Labute approximate surface area is 201 Å². The lowest BCUT2D eigenvalue weighted by molar-refractivity contribution is -0.117. The molecule has 1 saturated heterocycles. The summed E-state index contributed by atoms with van der Waals surface area (Å²) in [6, 6.07) is 20.6. The number of rotatable bonds is 6. The van der Waals surface area contributed by atoms with Crippen molar-refractivity contribution in [3.63, 3.8) is 0 Å². The fourth-order valence-electron chi connectivity index (χ4n) is 4.99. The second-order valence-electron chi connectivity index (χ2n) is 9.35. The second kappa shape index (κ2) is 8.98. The van der Waals surface area contributed by atoms with E-state index in [1.54, 1.807) is 0 Å². The number of carbonyl (C=O) groups excluding carboxylic acids is 1. The first kappa shape index (κ1) is 22.2. The third kappa shape index (κ3) is 4.07. The number of aryl methyl sites for hydroxylation is 3. The van der Waals surface area contributed by atoms with Gasteiger partial charge in [0.25, 0.3) is 0 Å². The van der Waals surface area contributed by atoms with Gasteiger partial charge in [-0.3, -0.25) is 4.79 Å². The summed E-state index contributed by atoms with van der Waals surface area (Å²) in [5.74, 6) is 2.08. The van der Waals surface area contributed by atoms with Crippen molar-refractivity contribution in [3.8, 4) is 5.75 Å². The monoisotopic (exact) mass is 453 g/mol. The van der Waals surface area contributed by atoms with Crippen molar-refractivity contribution < 1.29 is 9.53 Å². The number of amides is 1. The van der Waals surface area contributed by atoms with Crippen LogP contribution in [-0.4, -0.2) is 28.6 Å². The Morgan fingerprint density at radius 2 is 1.79 bits per heavy atom. The number of anilines is 1. The molecule has 3 aromatic carbocycles. The second-order valence-corrected chi connectivity index (χ2v) is 9.35. The van der Waals surface area contributed by atoms with Crippen LogP contribution in [0.4, 0.5) is 5.69 Å². The molecule has 34 heavy (non-hydrogen) atoms. The summed E-state index contributed by atoms with van der Waals surface area (Å²) >= 11 is 0. The van der Waals surface area contributed by atoms with Crippen molar-refractivity contribution in [2.45, 2.75) is 46.6 Å². The highest BCUT2D eigenvalue weighted by atomic mass is 16.5. The number of carbonyl (C=O) groups is 1. The van der Waals surface area contributed by atoms with E-state index in [0.29, 0.717) is 26.1 Å². The first-order valence-electron chi connectivity index (χ1n) is 11.9. The maximum atomic E-state index is 13.1. The fourth-order valence-corrected chi connectivity index (χ4v) is 4.99. The maximum absolute atomic E-state index is 13.1. The first-order valence-corrected chi connectivity index (χ1v) is 11.9. The molecule has 2 heterocycles.